The largest absolute Gasteiger partial charge is 0.394 e. The van der Waals surface area contributed by atoms with Crippen LogP contribution in [-0.2, 0) is 13.1 Å². The Balaban J connectivity index is 2.07. The van der Waals surface area contributed by atoms with Crippen LogP contribution in [0.4, 0.5) is 8.78 Å². The molecule has 0 spiro atoms. The topological polar surface area (TPSA) is 50.1 Å². The van der Waals surface area contributed by atoms with Crippen LogP contribution in [0, 0.1) is 25.5 Å². The Morgan fingerprint density at radius 1 is 1.27 bits per heavy atom. The van der Waals surface area contributed by atoms with Crippen molar-refractivity contribution < 1.29 is 13.9 Å². The summed E-state index contributed by atoms with van der Waals surface area (Å²) in [4.78, 5) is 0. The predicted octanol–water partition coefficient (Wildman–Crippen LogP) is 2.62. The molecule has 1 heterocycles. The number of aliphatic hydroxyl groups is 1. The number of aryl methyl sites for hydroxylation is 1. The number of hydrogen-bond donors (Lipinski definition) is 2. The summed E-state index contributed by atoms with van der Waals surface area (Å²) in [7, 11) is 0. The third kappa shape index (κ3) is 3.51. The van der Waals surface area contributed by atoms with E-state index in [2.05, 4.69) is 10.4 Å². The first-order chi connectivity index (χ1) is 10.4. The van der Waals surface area contributed by atoms with Crippen LogP contribution in [0.3, 0.4) is 0 Å². The molecule has 2 N–H and O–H groups in total. The summed E-state index contributed by atoms with van der Waals surface area (Å²) in [6.07, 6.45) is 0. The van der Waals surface area contributed by atoms with Crippen molar-refractivity contribution in [2.75, 3.05) is 6.61 Å². The zero-order valence-corrected chi connectivity index (χ0v) is 13.0. The van der Waals surface area contributed by atoms with E-state index < -0.39 is 11.6 Å². The zero-order chi connectivity index (χ0) is 16.3. The molecule has 22 heavy (non-hydrogen) atoms. The lowest BCUT2D eigenvalue weighted by molar-refractivity contribution is 0.267. The number of nitrogens with one attached hydrogen (secondary N) is 1. The van der Waals surface area contributed by atoms with Gasteiger partial charge in [0.15, 0.2) is 11.6 Å². The van der Waals surface area contributed by atoms with Crippen molar-refractivity contribution in [1.82, 2.24) is 15.1 Å². The second-order valence-electron chi connectivity index (χ2n) is 5.37. The number of aliphatic hydroxyl groups excluding tert-OH is 1. The van der Waals surface area contributed by atoms with Gasteiger partial charge in [0, 0.05) is 23.8 Å². The van der Waals surface area contributed by atoms with Gasteiger partial charge in [-0.2, -0.15) is 5.10 Å². The van der Waals surface area contributed by atoms with Gasteiger partial charge in [0.05, 0.1) is 18.8 Å². The second kappa shape index (κ2) is 6.98. The van der Waals surface area contributed by atoms with Crippen molar-refractivity contribution in [3.05, 3.63) is 52.3 Å². The molecule has 0 amide bonds. The number of halogens is 2. The first kappa shape index (κ1) is 16.6. The van der Waals surface area contributed by atoms with E-state index in [0.29, 0.717) is 18.7 Å². The number of aromatic nitrogens is 2. The fraction of sp³-hybridized carbons (Fsp3) is 0.438. The van der Waals surface area contributed by atoms with Crippen LogP contribution in [0.1, 0.15) is 35.5 Å². The third-order valence-corrected chi connectivity index (χ3v) is 3.87. The molecule has 0 aliphatic heterocycles. The smallest absolute Gasteiger partial charge is 0.159 e. The van der Waals surface area contributed by atoms with Gasteiger partial charge in [0.25, 0.3) is 0 Å². The predicted molar refractivity (Wildman–Crippen MR) is 80.4 cm³/mol. The maximum Gasteiger partial charge on any atom is 0.159 e. The summed E-state index contributed by atoms with van der Waals surface area (Å²) in [6.45, 7) is 6.85. The Bertz CT molecular complexity index is 655. The highest BCUT2D eigenvalue weighted by Crippen LogP contribution is 2.18. The van der Waals surface area contributed by atoms with Crippen LogP contribution in [0.25, 0.3) is 0 Å². The molecule has 0 aliphatic rings. The Labute approximate surface area is 128 Å². The molecular formula is C16H21F2N3O. The second-order valence-corrected chi connectivity index (χ2v) is 5.37. The molecule has 1 atom stereocenters. The summed E-state index contributed by atoms with van der Waals surface area (Å²) < 4.78 is 28.0. The SMILES string of the molecule is Cc1nn(CCO)c(C)c1CNC(C)c1ccc(F)c(F)c1. The summed E-state index contributed by atoms with van der Waals surface area (Å²) >= 11 is 0. The van der Waals surface area contributed by atoms with Gasteiger partial charge in [-0.1, -0.05) is 6.07 Å². The van der Waals surface area contributed by atoms with Gasteiger partial charge in [-0.3, -0.25) is 4.68 Å². The molecule has 6 heteroatoms. The van der Waals surface area contributed by atoms with Gasteiger partial charge in [0.2, 0.25) is 0 Å². The molecule has 120 valence electrons. The lowest BCUT2D eigenvalue weighted by Crippen LogP contribution is -2.19. The van der Waals surface area contributed by atoms with E-state index in [1.165, 1.54) is 6.07 Å². The fourth-order valence-electron chi connectivity index (χ4n) is 2.46. The molecule has 0 bridgehead atoms. The standard InChI is InChI=1S/C16H21F2N3O/c1-10(13-4-5-15(17)16(18)8-13)19-9-14-11(2)20-21(6-7-22)12(14)3/h4-5,8,10,19,22H,6-7,9H2,1-3H3. The van der Waals surface area contributed by atoms with E-state index in [1.807, 2.05) is 20.8 Å². The van der Waals surface area contributed by atoms with Gasteiger partial charge in [-0.25, -0.2) is 8.78 Å². The van der Waals surface area contributed by atoms with Gasteiger partial charge in [0.1, 0.15) is 0 Å². The number of nitrogens with zero attached hydrogens (tertiary/aromatic N) is 2. The fourth-order valence-corrected chi connectivity index (χ4v) is 2.46. The highest BCUT2D eigenvalue weighted by atomic mass is 19.2. The molecule has 4 nitrogen and oxygen atoms in total. The van der Waals surface area contributed by atoms with Crippen LogP contribution in [0.2, 0.25) is 0 Å². The normalized spacial score (nSPS) is 12.6. The highest BCUT2D eigenvalue weighted by molar-refractivity contribution is 5.25. The molecule has 0 radical (unpaired) electrons. The lowest BCUT2D eigenvalue weighted by Gasteiger charge is -2.15. The molecule has 1 aromatic heterocycles. The maximum atomic E-state index is 13.3. The Kier molecular flexibility index (Phi) is 5.26. The summed E-state index contributed by atoms with van der Waals surface area (Å²) in [5.74, 6) is -1.68. The summed E-state index contributed by atoms with van der Waals surface area (Å²) in [5.41, 5.74) is 3.65. The van der Waals surface area contributed by atoms with Crippen LogP contribution in [0.15, 0.2) is 18.2 Å². The van der Waals surface area contributed by atoms with Crippen molar-refractivity contribution >= 4 is 0 Å². The molecule has 1 unspecified atom stereocenters. The first-order valence-corrected chi connectivity index (χ1v) is 7.26. The molecule has 2 aromatic rings. The Morgan fingerprint density at radius 2 is 2.00 bits per heavy atom. The minimum Gasteiger partial charge on any atom is -0.394 e. The number of rotatable bonds is 6. The van der Waals surface area contributed by atoms with E-state index >= 15 is 0 Å². The van der Waals surface area contributed by atoms with Gasteiger partial charge >= 0.3 is 0 Å². The molecule has 0 saturated carbocycles. The number of hydrogen-bond acceptors (Lipinski definition) is 3. The van der Waals surface area contributed by atoms with Gasteiger partial charge in [-0.05, 0) is 38.5 Å². The van der Waals surface area contributed by atoms with Crippen LogP contribution < -0.4 is 5.32 Å². The molecule has 0 saturated heterocycles. The van der Waals surface area contributed by atoms with Crippen molar-refractivity contribution in [3.63, 3.8) is 0 Å². The number of benzene rings is 1. The minimum atomic E-state index is -0.840. The lowest BCUT2D eigenvalue weighted by atomic mass is 10.1. The van der Waals surface area contributed by atoms with Crippen LogP contribution >= 0.6 is 0 Å². The van der Waals surface area contributed by atoms with Crippen molar-refractivity contribution in [3.8, 4) is 0 Å². The molecule has 1 aromatic carbocycles. The summed E-state index contributed by atoms with van der Waals surface area (Å²) in [5, 5.41) is 16.7. The van der Waals surface area contributed by atoms with E-state index in [0.717, 1.165) is 23.0 Å². The van der Waals surface area contributed by atoms with E-state index in [1.54, 1.807) is 10.7 Å². The van der Waals surface area contributed by atoms with E-state index in [-0.39, 0.29) is 12.6 Å². The van der Waals surface area contributed by atoms with Crippen LogP contribution in [0.5, 0.6) is 0 Å². The Hall–Kier alpha value is -1.79. The van der Waals surface area contributed by atoms with E-state index in [4.69, 9.17) is 5.11 Å². The third-order valence-electron chi connectivity index (χ3n) is 3.87. The minimum absolute atomic E-state index is 0.0418. The molecular weight excluding hydrogens is 288 g/mol. The quantitative estimate of drug-likeness (QED) is 0.862. The summed E-state index contributed by atoms with van der Waals surface area (Å²) in [6, 6.07) is 3.81. The average molecular weight is 309 g/mol. The molecule has 0 aliphatic carbocycles. The zero-order valence-electron chi connectivity index (χ0n) is 13.0. The molecule has 2 rings (SSSR count). The van der Waals surface area contributed by atoms with Crippen molar-refractivity contribution in [2.24, 2.45) is 0 Å². The maximum absolute atomic E-state index is 13.3. The average Bonchev–Trinajstić information content (AvgIpc) is 2.74. The first-order valence-electron chi connectivity index (χ1n) is 7.26. The van der Waals surface area contributed by atoms with Gasteiger partial charge in [-0.15, -0.1) is 0 Å². The Morgan fingerprint density at radius 3 is 2.64 bits per heavy atom. The molecule has 0 fully saturated rings. The van der Waals surface area contributed by atoms with Gasteiger partial charge < -0.3 is 10.4 Å². The van der Waals surface area contributed by atoms with Crippen molar-refractivity contribution in [1.29, 1.82) is 0 Å². The monoisotopic (exact) mass is 309 g/mol. The van der Waals surface area contributed by atoms with Crippen molar-refractivity contribution in [2.45, 2.75) is 39.9 Å². The van der Waals surface area contributed by atoms with E-state index in [9.17, 15) is 8.78 Å². The van der Waals surface area contributed by atoms with Crippen LogP contribution in [-0.4, -0.2) is 21.5 Å². The highest BCUT2D eigenvalue weighted by Gasteiger charge is 2.13.